The standard InChI is InChI=1S/C14H13ClF2N4O/c15-13-12(20-3-1-18-2-4-20)8-19-21(14(13)22)11-6-9(16)5-10(17)7-11/h5-8,18H,1-4H2/p+1. The molecule has 0 amide bonds. The van der Waals surface area contributed by atoms with Gasteiger partial charge in [0, 0.05) is 6.07 Å². The number of nitrogens with two attached hydrogens (primary N) is 1. The molecule has 1 aliphatic rings. The summed E-state index contributed by atoms with van der Waals surface area (Å²) in [5, 5.41) is 6.18. The summed E-state index contributed by atoms with van der Waals surface area (Å²) >= 11 is 6.15. The molecular weight excluding hydrogens is 314 g/mol. The van der Waals surface area contributed by atoms with Crippen molar-refractivity contribution in [3.63, 3.8) is 0 Å². The molecule has 2 heterocycles. The normalized spacial score (nSPS) is 15.1. The highest BCUT2D eigenvalue weighted by molar-refractivity contribution is 6.33. The van der Waals surface area contributed by atoms with E-state index in [1.54, 1.807) is 0 Å². The highest BCUT2D eigenvalue weighted by Gasteiger charge is 2.19. The van der Waals surface area contributed by atoms with Gasteiger partial charge in [-0.2, -0.15) is 9.78 Å². The molecule has 5 nitrogen and oxygen atoms in total. The predicted molar refractivity (Wildman–Crippen MR) is 78.6 cm³/mol. The van der Waals surface area contributed by atoms with E-state index in [4.69, 9.17) is 11.6 Å². The van der Waals surface area contributed by atoms with Crippen molar-refractivity contribution < 1.29 is 14.1 Å². The molecule has 3 rings (SSSR count). The Morgan fingerprint density at radius 2 is 1.77 bits per heavy atom. The van der Waals surface area contributed by atoms with Crippen LogP contribution in [-0.2, 0) is 0 Å². The average Bonchev–Trinajstić information content (AvgIpc) is 2.50. The third-order valence-corrected chi connectivity index (χ3v) is 3.89. The van der Waals surface area contributed by atoms with Gasteiger partial charge in [0.25, 0.3) is 5.56 Å². The van der Waals surface area contributed by atoms with Gasteiger partial charge < -0.3 is 10.2 Å². The Morgan fingerprint density at radius 3 is 2.41 bits per heavy atom. The number of nitrogens with zero attached hydrogens (tertiary/aromatic N) is 3. The number of rotatable bonds is 2. The summed E-state index contributed by atoms with van der Waals surface area (Å²) < 4.78 is 27.5. The lowest BCUT2D eigenvalue weighted by molar-refractivity contribution is -0.655. The fraction of sp³-hybridized carbons (Fsp3) is 0.286. The SMILES string of the molecule is O=c1c(Cl)c(N2CC[NH2+]CC2)cnn1-c1cc(F)cc(F)c1. The summed E-state index contributed by atoms with van der Waals surface area (Å²) in [6.07, 6.45) is 1.46. The molecule has 1 aromatic heterocycles. The lowest BCUT2D eigenvalue weighted by Crippen LogP contribution is -2.89. The molecule has 8 heteroatoms. The second-order valence-corrected chi connectivity index (χ2v) is 5.42. The number of hydrogen-bond donors (Lipinski definition) is 1. The Bertz CT molecular complexity index is 739. The maximum atomic E-state index is 13.3. The van der Waals surface area contributed by atoms with E-state index in [2.05, 4.69) is 10.4 Å². The number of anilines is 1. The molecule has 0 atom stereocenters. The first kappa shape index (κ1) is 14.9. The second-order valence-electron chi connectivity index (χ2n) is 5.04. The van der Waals surface area contributed by atoms with Gasteiger partial charge in [0.1, 0.15) is 16.7 Å². The average molecular weight is 328 g/mol. The highest BCUT2D eigenvalue weighted by Crippen LogP contribution is 2.21. The first-order valence-electron chi connectivity index (χ1n) is 6.87. The van der Waals surface area contributed by atoms with Gasteiger partial charge in [0.2, 0.25) is 0 Å². The molecule has 0 spiro atoms. The van der Waals surface area contributed by atoms with Crippen LogP contribution in [0, 0.1) is 11.6 Å². The van der Waals surface area contributed by atoms with E-state index >= 15 is 0 Å². The minimum absolute atomic E-state index is 0.00145. The first-order valence-corrected chi connectivity index (χ1v) is 7.25. The molecule has 22 heavy (non-hydrogen) atoms. The van der Waals surface area contributed by atoms with E-state index in [0.29, 0.717) is 5.69 Å². The fourth-order valence-corrected chi connectivity index (χ4v) is 2.73. The van der Waals surface area contributed by atoms with Gasteiger partial charge in [-0.1, -0.05) is 11.6 Å². The van der Waals surface area contributed by atoms with Crippen molar-refractivity contribution >= 4 is 17.3 Å². The minimum atomic E-state index is -0.782. The molecule has 2 aromatic rings. The lowest BCUT2D eigenvalue weighted by Gasteiger charge is -2.27. The molecular formula is C14H14ClF2N4O+. The lowest BCUT2D eigenvalue weighted by atomic mass is 10.3. The van der Waals surface area contributed by atoms with Crippen LogP contribution in [0.2, 0.25) is 5.02 Å². The van der Waals surface area contributed by atoms with Gasteiger partial charge in [0.15, 0.2) is 0 Å². The van der Waals surface area contributed by atoms with Gasteiger partial charge in [-0.05, 0) is 12.1 Å². The van der Waals surface area contributed by atoms with Crippen molar-refractivity contribution in [3.8, 4) is 5.69 Å². The van der Waals surface area contributed by atoms with Crippen LogP contribution in [0.15, 0.2) is 29.2 Å². The van der Waals surface area contributed by atoms with Crippen LogP contribution in [0.5, 0.6) is 0 Å². The molecule has 1 fully saturated rings. The van der Waals surface area contributed by atoms with E-state index in [9.17, 15) is 13.6 Å². The maximum Gasteiger partial charge on any atom is 0.292 e. The van der Waals surface area contributed by atoms with Gasteiger partial charge >= 0.3 is 0 Å². The van der Waals surface area contributed by atoms with Crippen LogP contribution in [0.25, 0.3) is 5.69 Å². The van der Waals surface area contributed by atoms with Crippen LogP contribution in [0.3, 0.4) is 0 Å². The van der Waals surface area contributed by atoms with Gasteiger partial charge in [0.05, 0.1) is 43.8 Å². The fourth-order valence-electron chi connectivity index (χ4n) is 2.48. The first-order chi connectivity index (χ1) is 10.6. The molecule has 0 aliphatic carbocycles. The Kier molecular flexibility index (Phi) is 4.08. The van der Waals surface area contributed by atoms with Gasteiger partial charge in [-0.25, -0.2) is 8.78 Å². The predicted octanol–water partition coefficient (Wildman–Crippen LogP) is 0.548. The monoisotopic (exact) mass is 327 g/mol. The smallest absolute Gasteiger partial charge is 0.292 e. The Labute approximate surface area is 130 Å². The number of benzene rings is 1. The molecule has 116 valence electrons. The Hall–Kier alpha value is -1.99. The molecule has 0 unspecified atom stereocenters. The van der Waals surface area contributed by atoms with E-state index in [1.165, 1.54) is 6.20 Å². The summed E-state index contributed by atoms with van der Waals surface area (Å²) in [6, 6.07) is 2.79. The van der Waals surface area contributed by atoms with E-state index < -0.39 is 17.2 Å². The van der Waals surface area contributed by atoms with E-state index in [0.717, 1.165) is 49.1 Å². The maximum absolute atomic E-state index is 13.3. The third-order valence-electron chi connectivity index (χ3n) is 3.54. The van der Waals surface area contributed by atoms with E-state index in [-0.39, 0.29) is 10.7 Å². The van der Waals surface area contributed by atoms with Crippen molar-refractivity contribution in [1.29, 1.82) is 0 Å². The molecule has 0 radical (unpaired) electrons. The zero-order chi connectivity index (χ0) is 15.7. The number of halogens is 3. The minimum Gasteiger partial charge on any atom is -0.358 e. The molecule has 1 aromatic carbocycles. The van der Waals surface area contributed by atoms with Gasteiger partial charge in [-0.15, -0.1) is 0 Å². The summed E-state index contributed by atoms with van der Waals surface area (Å²) in [4.78, 5) is 14.3. The van der Waals surface area contributed by atoms with Crippen molar-refractivity contribution in [2.75, 3.05) is 31.1 Å². The van der Waals surface area contributed by atoms with Gasteiger partial charge in [-0.3, -0.25) is 4.79 Å². The number of aromatic nitrogens is 2. The Morgan fingerprint density at radius 1 is 1.14 bits per heavy atom. The zero-order valence-corrected chi connectivity index (χ0v) is 12.4. The van der Waals surface area contributed by atoms with Crippen LogP contribution < -0.4 is 15.8 Å². The molecule has 1 saturated heterocycles. The molecule has 1 aliphatic heterocycles. The largest absolute Gasteiger partial charge is 0.358 e. The number of hydrogen-bond acceptors (Lipinski definition) is 3. The molecule has 2 N–H and O–H groups in total. The van der Waals surface area contributed by atoms with Crippen molar-refractivity contribution in [3.05, 3.63) is 51.4 Å². The Balaban J connectivity index is 2.04. The molecule has 0 bridgehead atoms. The number of piperazine rings is 1. The van der Waals surface area contributed by atoms with Crippen LogP contribution in [-0.4, -0.2) is 36.0 Å². The summed E-state index contributed by atoms with van der Waals surface area (Å²) in [5.41, 5.74) is -0.0467. The summed E-state index contributed by atoms with van der Waals surface area (Å²) in [7, 11) is 0. The van der Waals surface area contributed by atoms with Crippen LogP contribution >= 0.6 is 11.6 Å². The van der Waals surface area contributed by atoms with Crippen LogP contribution in [0.1, 0.15) is 0 Å². The number of quaternary nitrogens is 1. The topological polar surface area (TPSA) is 54.7 Å². The quantitative estimate of drug-likeness (QED) is 0.876. The van der Waals surface area contributed by atoms with Crippen molar-refractivity contribution in [1.82, 2.24) is 9.78 Å². The van der Waals surface area contributed by atoms with Crippen molar-refractivity contribution in [2.24, 2.45) is 0 Å². The molecule has 0 saturated carbocycles. The summed E-state index contributed by atoms with van der Waals surface area (Å²) in [5.74, 6) is -1.56. The van der Waals surface area contributed by atoms with E-state index in [1.807, 2.05) is 4.90 Å². The van der Waals surface area contributed by atoms with Crippen LogP contribution in [0.4, 0.5) is 14.5 Å². The third kappa shape index (κ3) is 2.82. The second kappa shape index (κ2) is 6.02. The zero-order valence-electron chi connectivity index (χ0n) is 11.6. The highest BCUT2D eigenvalue weighted by atomic mass is 35.5. The summed E-state index contributed by atoms with van der Waals surface area (Å²) in [6.45, 7) is 3.35. The van der Waals surface area contributed by atoms with Crippen molar-refractivity contribution in [2.45, 2.75) is 0 Å².